The Kier molecular flexibility index (Phi) is 6.26. The summed E-state index contributed by atoms with van der Waals surface area (Å²) in [7, 11) is 0. The Morgan fingerprint density at radius 3 is 2.16 bits per heavy atom. The van der Waals surface area contributed by atoms with Gasteiger partial charge in [0.15, 0.2) is 5.78 Å². The SMILES string of the molecule is CCN(CC)c1ccc(C2NC(=O)NC(O)(C(F)(F)F)C2C(=O)c2ccccc2)cc1. The Labute approximate surface area is 178 Å². The van der Waals surface area contributed by atoms with Gasteiger partial charge in [0, 0.05) is 24.3 Å². The summed E-state index contributed by atoms with van der Waals surface area (Å²) in [5.74, 6) is -2.97. The topological polar surface area (TPSA) is 81.7 Å². The first-order valence-corrected chi connectivity index (χ1v) is 9.94. The van der Waals surface area contributed by atoms with Gasteiger partial charge >= 0.3 is 12.2 Å². The van der Waals surface area contributed by atoms with Crippen molar-refractivity contribution < 1.29 is 27.9 Å². The van der Waals surface area contributed by atoms with Crippen molar-refractivity contribution in [1.82, 2.24) is 10.6 Å². The number of carbonyl (C=O) groups is 2. The minimum atomic E-state index is -5.28. The number of anilines is 1. The predicted octanol–water partition coefficient (Wildman–Crippen LogP) is 3.64. The van der Waals surface area contributed by atoms with E-state index in [0.29, 0.717) is 0 Å². The van der Waals surface area contributed by atoms with Gasteiger partial charge in [0.05, 0.1) is 6.04 Å². The zero-order valence-corrected chi connectivity index (χ0v) is 17.1. The van der Waals surface area contributed by atoms with Crippen LogP contribution in [0.3, 0.4) is 0 Å². The third kappa shape index (κ3) is 4.23. The molecule has 0 radical (unpaired) electrons. The molecule has 6 nitrogen and oxygen atoms in total. The largest absolute Gasteiger partial charge is 0.437 e. The van der Waals surface area contributed by atoms with Gasteiger partial charge in [-0.25, -0.2) is 4.79 Å². The molecule has 2 aromatic carbocycles. The fourth-order valence-corrected chi connectivity index (χ4v) is 3.88. The minimum Gasteiger partial charge on any atom is -0.372 e. The van der Waals surface area contributed by atoms with Crippen LogP contribution in [0.5, 0.6) is 0 Å². The molecule has 0 aliphatic carbocycles. The van der Waals surface area contributed by atoms with E-state index in [2.05, 4.69) is 5.32 Å². The molecule has 0 saturated carbocycles. The van der Waals surface area contributed by atoms with Crippen LogP contribution >= 0.6 is 0 Å². The summed E-state index contributed by atoms with van der Waals surface area (Å²) in [5, 5.41) is 14.5. The number of aliphatic hydroxyl groups is 1. The lowest BCUT2D eigenvalue weighted by molar-refractivity contribution is -0.287. The number of benzene rings is 2. The first kappa shape index (κ1) is 22.6. The van der Waals surface area contributed by atoms with Crippen molar-refractivity contribution in [2.45, 2.75) is 31.8 Å². The monoisotopic (exact) mass is 435 g/mol. The van der Waals surface area contributed by atoms with E-state index in [1.165, 1.54) is 29.6 Å². The Morgan fingerprint density at radius 2 is 1.65 bits per heavy atom. The zero-order chi connectivity index (χ0) is 22.8. The maximum atomic E-state index is 13.9. The number of Topliss-reactive ketones (excluding diaryl/α,β-unsaturated/α-hetero) is 1. The maximum Gasteiger partial charge on any atom is 0.437 e. The summed E-state index contributed by atoms with van der Waals surface area (Å²) >= 11 is 0. The van der Waals surface area contributed by atoms with Gasteiger partial charge in [-0.05, 0) is 31.5 Å². The van der Waals surface area contributed by atoms with E-state index in [1.54, 1.807) is 30.3 Å². The molecule has 0 aromatic heterocycles. The molecule has 9 heteroatoms. The highest BCUT2D eigenvalue weighted by Gasteiger charge is 2.66. The van der Waals surface area contributed by atoms with Crippen LogP contribution < -0.4 is 15.5 Å². The van der Waals surface area contributed by atoms with Gasteiger partial charge in [0.25, 0.3) is 0 Å². The van der Waals surface area contributed by atoms with Crippen LogP contribution in [0.1, 0.15) is 35.8 Å². The number of nitrogens with one attached hydrogen (secondary N) is 2. The summed E-state index contributed by atoms with van der Waals surface area (Å²) in [6.45, 7) is 5.43. The van der Waals surface area contributed by atoms with Crippen LogP contribution in [0.2, 0.25) is 0 Å². The van der Waals surface area contributed by atoms with Gasteiger partial charge in [0.1, 0.15) is 5.92 Å². The normalized spacial score (nSPS) is 23.6. The van der Waals surface area contributed by atoms with E-state index >= 15 is 0 Å². The highest BCUT2D eigenvalue weighted by atomic mass is 19.4. The highest BCUT2D eigenvalue weighted by Crippen LogP contribution is 2.44. The first-order chi connectivity index (χ1) is 14.6. The standard InChI is InChI=1S/C22H24F3N3O3/c1-3-28(4-2)16-12-10-14(11-13-16)18-17(19(29)15-8-6-5-7-9-15)21(31,22(23,24)25)27-20(30)26-18/h5-13,17-18,31H,3-4H2,1-2H3,(H2,26,27,30). The quantitative estimate of drug-likeness (QED) is 0.606. The molecule has 3 rings (SSSR count). The number of carbonyl (C=O) groups excluding carboxylic acids is 2. The van der Waals surface area contributed by atoms with Crippen molar-refractivity contribution in [2.75, 3.05) is 18.0 Å². The van der Waals surface area contributed by atoms with Gasteiger partial charge < -0.3 is 20.6 Å². The summed E-state index contributed by atoms with van der Waals surface area (Å²) in [6.07, 6.45) is -5.28. The van der Waals surface area contributed by atoms with Crippen LogP contribution in [0.15, 0.2) is 54.6 Å². The number of hydrogen-bond acceptors (Lipinski definition) is 4. The molecule has 3 atom stereocenters. The van der Waals surface area contributed by atoms with Crippen molar-refractivity contribution >= 4 is 17.5 Å². The molecule has 3 N–H and O–H groups in total. The average molecular weight is 435 g/mol. The van der Waals surface area contributed by atoms with E-state index < -0.39 is 35.7 Å². The summed E-state index contributed by atoms with van der Waals surface area (Å²) < 4.78 is 41.8. The Hall–Kier alpha value is -3.07. The molecule has 2 amide bonds. The molecule has 2 aromatic rings. The van der Waals surface area contributed by atoms with Crippen LogP contribution in [0.25, 0.3) is 0 Å². The molecular weight excluding hydrogens is 411 g/mol. The van der Waals surface area contributed by atoms with Gasteiger partial charge in [-0.2, -0.15) is 13.2 Å². The average Bonchev–Trinajstić information content (AvgIpc) is 2.74. The van der Waals surface area contributed by atoms with Crippen LogP contribution in [-0.2, 0) is 0 Å². The lowest BCUT2D eigenvalue weighted by Crippen LogP contribution is -2.72. The van der Waals surface area contributed by atoms with Gasteiger partial charge in [-0.15, -0.1) is 0 Å². The number of amides is 2. The molecule has 1 saturated heterocycles. The number of ketones is 1. The Balaban J connectivity index is 2.09. The molecule has 1 heterocycles. The molecule has 31 heavy (non-hydrogen) atoms. The molecule has 166 valence electrons. The molecule has 0 spiro atoms. The third-order valence-corrected chi connectivity index (χ3v) is 5.53. The molecule has 3 unspecified atom stereocenters. The zero-order valence-electron chi connectivity index (χ0n) is 17.1. The first-order valence-electron chi connectivity index (χ1n) is 9.94. The van der Waals surface area contributed by atoms with Gasteiger partial charge in [0.2, 0.25) is 5.72 Å². The smallest absolute Gasteiger partial charge is 0.372 e. The van der Waals surface area contributed by atoms with Crippen LogP contribution in [-0.4, -0.2) is 41.9 Å². The van der Waals surface area contributed by atoms with E-state index in [9.17, 15) is 27.9 Å². The van der Waals surface area contributed by atoms with Crippen molar-refractivity contribution in [1.29, 1.82) is 0 Å². The number of halogens is 3. The van der Waals surface area contributed by atoms with E-state index in [1.807, 2.05) is 18.7 Å². The fraction of sp³-hybridized carbons (Fsp3) is 0.364. The van der Waals surface area contributed by atoms with Crippen molar-refractivity contribution in [3.05, 3.63) is 65.7 Å². The summed E-state index contributed by atoms with van der Waals surface area (Å²) in [4.78, 5) is 27.3. The second-order valence-electron chi connectivity index (χ2n) is 7.31. The second-order valence-corrected chi connectivity index (χ2v) is 7.31. The number of alkyl halides is 3. The predicted molar refractivity (Wildman–Crippen MR) is 110 cm³/mol. The number of hydrogen-bond donors (Lipinski definition) is 3. The van der Waals surface area contributed by atoms with Crippen LogP contribution in [0.4, 0.5) is 23.7 Å². The number of rotatable bonds is 6. The third-order valence-electron chi connectivity index (χ3n) is 5.53. The molecule has 1 fully saturated rings. The molecule has 1 aliphatic rings. The van der Waals surface area contributed by atoms with Crippen molar-refractivity contribution in [3.63, 3.8) is 0 Å². The lowest BCUT2D eigenvalue weighted by atomic mass is 9.77. The number of urea groups is 1. The van der Waals surface area contributed by atoms with E-state index in [0.717, 1.165) is 18.8 Å². The van der Waals surface area contributed by atoms with Gasteiger partial charge in [-0.1, -0.05) is 42.5 Å². The van der Waals surface area contributed by atoms with Crippen molar-refractivity contribution in [2.24, 2.45) is 5.92 Å². The second kappa shape index (κ2) is 8.58. The Morgan fingerprint density at radius 1 is 1.06 bits per heavy atom. The highest BCUT2D eigenvalue weighted by molar-refractivity contribution is 6.00. The molecule has 1 aliphatic heterocycles. The summed E-state index contributed by atoms with van der Waals surface area (Å²) in [5.41, 5.74) is -2.60. The van der Waals surface area contributed by atoms with Crippen LogP contribution in [0, 0.1) is 5.92 Å². The molecular formula is C22H24F3N3O3. The Bertz CT molecular complexity index is 931. The van der Waals surface area contributed by atoms with Gasteiger partial charge in [-0.3, -0.25) is 4.79 Å². The maximum absolute atomic E-state index is 13.9. The number of nitrogens with zero attached hydrogens (tertiary/aromatic N) is 1. The van der Waals surface area contributed by atoms with Crippen molar-refractivity contribution in [3.8, 4) is 0 Å². The fourth-order valence-electron chi connectivity index (χ4n) is 3.88. The summed E-state index contributed by atoms with van der Waals surface area (Å²) in [6, 6.07) is 11.3. The lowest BCUT2D eigenvalue weighted by Gasteiger charge is -2.45. The van der Waals surface area contributed by atoms with E-state index in [4.69, 9.17) is 0 Å². The molecule has 0 bridgehead atoms. The minimum absolute atomic E-state index is 0.00196. The van der Waals surface area contributed by atoms with E-state index in [-0.39, 0.29) is 11.1 Å².